The average molecular weight is 314 g/mol. The number of nitrogen functional groups attached to an aromatic ring is 1. The number of amides is 1. The van der Waals surface area contributed by atoms with Crippen LogP contribution in [0.25, 0.3) is 0 Å². The van der Waals surface area contributed by atoms with Gasteiger partial charge in [0.2, 0.25) is 15.9 Å². The van der Waals surface area contributed by atoms with E-state index in [1.54, 1.807) is 19.0 Å². The minimum Gasteiger partial charge on any atom is -0.397 e. The summed E-state index contributed by atoms with van der Waals surface area (Å²) in [6.07, 6.45) is 0. The predicted octanol–water partition coefficient (Wildman–Crippen LogP) is 0.0914. The molecule has 3 N–H and O–H groups in total. The van der Waals surface area contributed by atoms with E-state index in [-0.39, 0.29) is 17.3 Å². The lowest BCUT2D eigenvalue weighted by molar-refractivity contribution is -0.127. The van der Waals surface area contributed by atoms with Crippen LogP contribution in [0.3, 0.4) is 0 Å². The lowest BCUT2D eigenvalue weighted by atomic mass is 10.2. The van der Waals surface area contributed by atoms with Crippen LogP contribution in [0.4, 0.5) is 11.4 Å². The number of hydrogen-bond donors (Lipinski definition) is 2. The van der Waals surface area contributed by atoms with Crippen LogP contribution in [-0.4, -0.2) is 53.5 Å². The zero-order valence-corrected chi connectivity index (χ0v) is 13.6. The van der Waals surface area contributed by atoms with E-state index in [0.717, 1.165) is 0 Å². The standard InChI is InChI=1S/C13H22N4O3S/c1-5-17(9-13(18)16(3)4)12-8-10(6-7-11(12)14)21(19,20)15-2/h6-8,15H,5,9,14H2,1-4H3. The summed E-state index contributed by atoms with van der Waals surface area (Å²) in [6.45, 7) is 2.55. The maximum atomic E-state index is 11.9. The molecule has 1 aromatic rings. The Morgan fingerprint density at radius 3 is 2.43 bits per heavy atom. The largest absolute Gasteiger partial charge is 0.397 e. The van der Waals surface area contributed by atoms with Crippen molar-refractivity contribution in [2.75, 3.05) is 44.9 Å². The summed E-state index contributed by atoms with van der Waals surface area (Å²) in [6, 6.07) is 4.45. The molecule has 0 aromatic heterocycles. The summed E-state index contributed by atoms with van der Waals surface area (Å²) in [5, 5.41) is 0. The summed E-state index contributed by atoms with van der Waals surface area (Å²) in [4.78, 5) is 15.2. The molecule has 1 amide bonds. The molecule has 7 nitrogen and oxygen atoms in total. The summed E-state index contributed by atoms with van der Waals surface area (Å²) in [5.74, 6) is -0.0851. The Hall–Kier alpha value is -1.80. The smallest absolute Gasteiger partial charge is 0.241 e. The lowest BCUT2D eigenvalue weighted by Gasteiger charge is -2.26. The summed E-state index contributed by atoms with van der Waals surface area (Å²) < 4.78 is 26.0. The molecule has 1 rings (SSSR count). The molecule has 0 saturated heterocycles. The van der Waals surface area contributed by atoms with Gasteiger partial charge in [-0.15, -0.1) is 0 Å². The van der Waals surface area contributed by atoms with Crippen LogP contribution in [0.1, 0.15) is 6.92 Å². The van der Waals surface area contributed by atoms with E-state index in [9.17, 15) is 13.2 Å². The van der Waals surface area contributed by atoms with E-state index in [0.29, 0.717) is 17.9 Å². The Bertz CT molecular complexity index is 614. The fourth-order valence-electron chi connectivity index (χ4n) is 1.75. The summed E-state index contributed by atoms with van der Waals surface area (Å²) >= 11 is 0. The number of anilines is 2. The normalized spacial score (nSPS) is 11.2. The fraction of sp³-hybridized carbons (Fsp3) is 0.462. The highest BCUT2D eigenvalue weighted by molar-refractivity contribution is 7.89. The molecule has 0 aliphatic heterocycles. The Balaban J connectivity index is 3.21. The second kappa shape index (κ2) is 6.77. The first-order valence-electron chi connectivity index (χ1n) is 6.51. The number of sulfonamides is 1. The SMILES string of the molecule is CCN(CC(=O)N(C)C)c1cc(S(=O)(=O)NC)ccc1N. The molecular weight excluding hydrogens is 292 g/mol. The molecule has 0 bridgehead atoms. The molecule has 0 atom stereocenters. The van der Waals surface area contributed by atoms with Gasteiger partial charge in [0.25, 0.3) is 0 Å². The second-order valence-corrected chi connectivity index (χ2v) is 6.62. The van der Waals surface area contributed by atoms with E-state index < -0.39 is 10.0 Å². The minimum absolute atomic E-state index is 0.0851. The third kappa shape index (κ3) is 4.08. The van der Waals surface area contributed by atoms with Crippen molar-refractivity contribution in [2.45, 2.75) is 11.8 Å². The van der Waals surface area contributed by atoms with Crippen LogP contribution in [0.15, 0.2) is 23.1 Å². The number of carbonyl (C=O) groups excluding carboxylic acids is 1. The van der Waals surface area contributed by atoms with E-state index in [1.807, 2.05) is 6.92 Å². The third-order valence-electron chi connectivity index (χ3n) is 3.13. The molecule has 0 fully saturated rings. The van der Waals surface area contributed by atoms with Crippen molar-refractivity contribution in [1.82, 2.24) is 9.62 Å². The van der Waals surface area contributed by atoms with Crippen molar-refractivity contribution in [3.05, 3.63) is 18.2 Å². The maximum absolute atomic E-state index is 11.9. The first kappa shape index (κ1) is 17.3. The van der Waals surface area contributed by atoms with Crippen molar-refractivity contribution in [3.8, 4) is 0 Å². The van der Waals surface area contributed by atoms with Gasteiger partial charge in [-0.1, -0.05) is 0 Å². The van der Waals surface area contributed by atoms with Gasteiger partial charge in [0.1, 0.15) is 0 Å². The molecule has 0 heterocycles. The van der Waals surface area contributed by atoms with Gasteiger partial charge in [-0.3, -0.25) is 4.79 Å². The molecule has 0 aliphatic rings. The van der Waals surface area contributed by atoms with Crippen LogP contribution in [0.2, 0.25) is 0 Å². The van der Waals surface area contributed by atoms with Crippen molar-refractivity contribution in [1.29, 1.82) is 0 Å². The fourth-order valence-corrected chi connectivity index (χ4v) is 2.50. The zero-order chi connectivity index (χ0) is 16.2. The molecule has 0 unspecified atom stereocenters. The quantitative estimate of drug-likeness (QED) is 0.726. The number of rotatable bonds is 6. The Labute approximate surface area is 125 Å². The lowest BCUT2D eigenvalue weighted by Crippen LogP contribution is -2.37. The highest BCUT2D eigenvalue weighted by Gasteiger charge is 2.18. The van der Waals surface area contributed by atoms with Gasteiger partial charge in [-0.25, -0.2) is 13.1 Å². The van der Waals surface area contributed by atoms with Gasteiger partial charge in [0, 0.05) is 20.6 Å². The monoisotopic (exact) mass is 314 g/mol. The Morgan fingerprint density at radius 1 is 1.33 bits per heavy atom. The van der Waals surface area contributed by atoms with Gasteiger partial charge in [0.15, 0.2) is 0 Å². The Morgan fingerprint density at radius 2 is 1.95 bits per heavy atom. The number of nitrogens with two attached hydrogens (primary N) is 1. The molecule has 118 valence electrons. The van der Waals surface area contributed by atoms with Gasteiger partial charge in [-0.05, 0) is 32.2 Å². The maximum Gasteiger partial charge on any atom is 0.241 e. The molecular formula is C13H22N4O3S. The van der Waals surface area contributed by atoms with E-state index in [1.165, 1.54) is 30.1 Å². The number of hydrogen-bond acceptors (Lipinski definition) is 5. The van der Waals surface area contributed by atoms with Crippen molar-refractivity contribution in [2.24, 2.45) is 0 Å². The van der Waals surface area contributed by atoms with Crippen LogP contribution in [0, 0.1) is 0 Å². The molecule has 21 heavy (non-hydrogen) atoms. The van der Waals surface area contributed by atoms with Crippen LogP contribution < -0.4 is 15.4 Å². The molecule has 8 heteroatoms. The molecule has 0 radical (unpaired) electrons. The van der Waals surface area contributed by atoms with E-state index in [2.05, 4.69) is 4.72 Å². The molecule has 1 aromatic carbocycles. The first-order chi connectivity index (χ1) is 9.72. The van der Waals surface area contributed by atoms with Crippen molar-refractivity contribution >= 4 is 27.3 Å². The van der Waals surface area contributed by atoms with E-state index in [4.69, 9.17) is 5.73 Å². The van der Waals surface area contributed by atoms with Crippen LogP contribution in [-0.2, 0) is 14.8 Å². The first-order valence-corrected chi connectivity index (χ1v) is 7.99. The second-order valence-electron chi connectivity index (χ2n) is 4.73. The van der Waals surface area contributed by atoms with Gasteiger partial charge in [0.05, 0.1) is 22.8 Å². The van der Waals surface area contributed by atoms with Crippen LogP contribution >= 0.6 is 0 Å². The zero-order valence-electron chi connectivity index (χ0n) is 12.8. The van der Waals surface area contributed by atoms with E-state index >= 15 is 0 Å². The average Bonchev–Trinajstić information content (AvgIpc) is 2.44. The highest BCUT2D eigenvalue weighted by Crippen LogP contribution is 2.26. The summed E-state index contributed by atoms with van der Waals surface area (Å²) in [5.41, 5.74) is 6.88. The molecule has 0 saturated carbocycles. The summed E-state index contributed by atoms with van der Waals surface area (Å²) in [7, 11) is 1.13. The topological polar surface area (TPSA) is 95.7 Å². The van der Waals surface area contributed by atoms with Gasteiger partial charge >= 0.3 is 0 Å². The minimum atomic E-state index is -3.55. The molecule has 0 aliphatic carbocycles. The van der Waals surface area contributed by atoms with Crippen LogP contribution in [0.5, 0.6) is 0 Å². The number of likely N-dealkylation sites (N-methyl/N-ethyl adjacent to an activating group) is 2. The third-order valence-corrected chi connectivity index (χ3v) is 4.54. The van der Waals surface area contributed by atoms with Gasteiger partial charge < -0.3 is 15.5 Å². The highest BCUT2D eigenvalue weighted by atomic mass is 32.2. The number of nitrogens with zero attached hydrogens (tertiary/aromatic N) is 2. The Kier molecular flexibility index (Phi) is 5.56. The number of benzene rings is 1. The van der Waals surface area contributed by atoms with Crippen molar-refractivity contribution < 1.29 is 13.2 Å². The predicted molar refractivity (Wildman–Crippen MR) is 83.7 cm³/mol. The number of nitrogens with one attached hydrogen (secondary N) is 1. The van der Waals surface area contributed by atoms with Crippen molar-refractivity contribution in [3.63, 3.8) is 0 Å². The molecule has 0 spiro atoms. The number of carbonyl (C=O) groups is 1. The van der Waals surface area contributed by atoms with Gasteiger partial charge in [-0.2, -0.15) is 0 Å².